The molecule has 2 heterocycles. The Bertz CT molecular complexity index is 1230. The molecular weight excluding hydrogens is 492 g/mol. The Hall–Kier alpha value is -3.93. The maximum absolute atomic E-state index is 12.0. The quantitative estimate of drug-likeness (QED) is 0.283. The average molecular weight is 520 g/mol. The number of rotatable bonds is 8. The van der Waals surface area contributed by atoms with Crippen LogP contribution in [0.15, 0.2) is 33.5 Å². The minimum Gasteiger partial charge on any atom is -0.463 e. The Labute approximate surface area is 211 Å². The molecule has 0 amide bonds. The maximum atomic E-state index is 12.0. The van der Waals surface area contributed by atoms with E-state index in [-0.39, 0.29) is 17.9 Å². The fourth-order valence-corrected chi connectivity index (χ4v) is 3.99. The van der Waals surface area contributed by atoms with Crippen molar-refractivity contribution in [1.82, 2.24) is 0 Å². The Balaban J connectivity index is 2.03. The molecule has 5 atom stereocenters. The minimum absolute atomic E-state index is 0.171. The molecule has 0 unspecified atom stereocenters. The zero-order chi connectivity index (χ0) is 27.3. The predicted octanol–water partition coefficient (Wildman–Crippen LogP) is 1.82. The van der Waals surface area contributed by atoms with E-state index >= 15 is 0 Å². The van der Waals surface area contributed by atoms with Gasteiger partial charge in [0, 0.05) is 45.2 Å². The Kier molecular flexibility index (Phi) is 8.87. The third-order valence-electron chi connectivity index (χ3n) is 5.38. The summed E-state index contributed by atoms with van der Waals surface area (Å²) in [5.41, 5.74) is 0.506. The van der Waals surface area contributed by atoms with Crippen molar-refractivity contribution in [2.75, 3.05) is 6.61 Å². The van der Waals surface area contributed by atoms with E-state index in [9.17, 15) is 24.0 Å². The lowest BCUT2D eigenvalue weighted by atomic mass is 9.98. The van der Waals surface area contributed by atoms with Crippen molar-refractivity contribution >= 4 is 34.8 Å². The van der Waals surface area contributed by atoms with E-state index in [0.717, 1.165) is 26.3 Å². The molecule has 1 aliphatic heterocycles. The first-order valence-corrected chi connectivity index (χ1v) is 11.5. The maximum Gasteiger partial charge on any atom is 0.336 e. The second-order valence-corrected chi connectivity index (χ2v) is 8.29. The van der Waals surface area contributed by atoms with Crippen molar-refractivity contribution in [2.45, 2.75) is 71.7 Å². The van der Waals surface area contributed by atoms with Crippen molar-refractivity contribution in [3.63, 3.8) is 0 Å². The molecule has 3 rings (SSSR count). The summed E-state index contributed by atoms with van der Waals surface area (Å²) in [7, 11) is 0. The van der Waals surface area contributed by atoms with Gasteiger partial charge in [0.15, 0.2) is 12.2 Å². The van der Waals surface area contributed by atoms with Crippen LogP contribution >= 0.6 is 0 Å². The highest BCUT2D eigenvalue weighted by Gasteiger charge is 2.53. The van der Waals surface area contributed by atoms with Crippen molar-refractivity contribution in [2.24, 2.45) is 0 Å². The number of carbonyl (C=O) groups is 4. The van der Waals surface area contributed by atoms with Crippen LogP contribution in [0.25, 0.3) is 11.0 Å². The molecule has 12 heteroatoms. The fourth-order valence-electron chi connectivity index (χ4n) is 3.99. The highest BCUT2D eigenvalue weighted by molar-refractivity contribution is 5.81. The summed E-state index contributed by atoms with van der Waals surface area (Å²) < 4.78 is 38.3. The Morgan fingerprint density at radius 2 is 1.46 bits per heavy atom. The zero-order valence-electron chi connectivity index (χ0n) is 21.0. The number of hydrogen-bond acceptors (Lipinski definition) is 12. The summed E-state index contributed by atoms with van der Waals surface area (Å²) in [4.78, 5) is 59.1. The third-order valence-corrected chi connectivity index (χ3v) is 5.38. The summed E-state index contributed by atoms with van der Waals surface area (Å²) in [6, 6.07) is 6.15. The molecule has 1 aliphatic rings. The van der Waals surface area contributed by atoms with Crippen LogP contribution in [0.1, 0.15) is 40.2 Å². The number of ether oxygens (including phenoxy) is 6. The Morgan fingerprint density at radius 3 is 2.05 bits per heavy atom. The van der Waals surface area contributed by atoms with Gasteiger partial charge in [0.2, 0.25) is 12.4 Å². The number of fused-ring (bicyclic) bond motifs is 1. The highest BCUT2D eigenvalue weighted by atomic mass is 16.7. The molecule has 1 aromatic heterocycles. The van der Waals surface area contributed by atoms with Crippen molar-refractivity contribution in [1.29, 1.82) is 0 Å². The lowest BCUT2D eigenvalue weighted by Crippen LogP contribution is -2.63. The zero-order valence-corrected chi connectivity index (χ0v) is 21.0. The number of benzene rings is 1. The summed E-state index contributed by atoms with van der Waals surface area (Å²) in [5.74, 6) is -2.71. The van der Waals surface area contributed by atoms with Gasteiger partial charge in [0.1, 0.15) is 24.0 Å². The molecule has 0 saturated carbocycles. The van der Waals surface area contributed by atoms with Gasteiger partial charge >= 0.3 is 29.5 Å². The van der Waals surface area contributed by atoms with Crippen LogP contribution in [-0.4, -0.2) is 61.2 Å². The number of hydrogen-bond donors (Lipinski definition) is 0. The molecule has 0 radical (unpaired) electrons. The van der Waals surface area contributed by atoms with Gasteiger partial charge in [0.25, 0.3) is 0 Å². The number of carbonyl (C=O) groups excluding carboxylic acids is 4. The van der Waals surface area contributed by atoms with Crippen LogP contribution in [0.5, 0.6) is 5.75 Å². The van der Waals surface area contributed by atoms with E-state index in [2.05, 4.69) is 0 Å². The number of aryl methyl sites for hydroxylation is 1. The van der Waals surface area contributed by atoms with E-state index in [4.69, 9.17) is 32.8 Å². The molecule has 12 nitrogen and oxygen atoms in total. The van der Waals surface area contributed by atoms with Crippen molar-refractivity contribution in [3.8, 4) is 5.75 Å². The molecule has 0 aliphatic carbocycles. The monoisotopic (exact) mass is 520 g/mol. The van der Waals surface area contributed by atoms with E-state index in [0.29, 0.717) is 11.8 Å². The van der Waals surface area contributed by atoms with E-state index < -0.39 is 60.2 Å². The van der Waals surface area contributed by atoms with Crippen LogP contribution in [0.4, 0.5) is 0 Å². The molecular formula is C25H28O12. The van der Waals surface area contributed by atoms with E-state index in [1.165, 1.54) is 19.1 Å². The van der Waals surface area contributed by atoms with Crippen molar-refractivity contribution in [3.05, 3.63) is 40.2 Å². The molecule has 37 heavy (non-hydrogen) atoms. The van der Waals surface area contributed by atoms with E-state index in [1.54, 1.807) is 12.1 Å². The molecule has 0 bridgehead atoms. The molecule has 0 spiro atoms. The predicted molar refractivity (Wildman–Crippen MR) is 124 cm³/mol. The van der Waals surface area contributed by atoms with Crippen molar-refractivity contribution < 1.29 is 52.0 Å². The van der Waals surface area contributed by atoms with Gasteiger partial charge in [-0.15, -0.1) is 0 Å². The summed E-state index contributed by atoms with van der Waals surface area (Å²) in [6.45, 7) is 6.07. The smallest absolute Gasteiger partial charge is 0.336 e. The first-order chi connectivity index (χ1) is 17.5. The molecule has 0 N–H and O–H groups in total. The van der Waals surface area contributed by atoms with Crippen LogP contribution < -0.4 is 10.4 Å². The molecule has 1 saturated heterocycles. The largest absolute Gasteiger partial charge is 0.463 e. The normalized spacial score (nSPS) is 23.1. The topological polar surface area (TPSA) is 154 Å². The molecule has 1 fully saturated rings. The van der Waals surface area contributed by atoms with Crippen LogP contribution in [0.2, 0.25) is 0 Å². The van der Waals surface area contributed by atoms with Gasteiger partial charge in [-0.3, -0.25) is 19.2 Å². The summed E-state index contributed by atoms with van der Waals surface area (Å²) in [6.07, 6.45) is -6.01. The van der Waals surface area contributed by atoms with Gasteiger partial charge in [-0.2, -0.15) is 0 Å². The van der Waals surface area contributed by atoms with Gasteiger partial charge in [0.05, 0.1) is 0 Å². The first-order valence-electron chi connectivity index (χ1n) is 11.5. The summed E-state index contributed by atoms with van der Waals surface area (Å²) >= 11 is 0. The fraction of sp³-hybridized carbons (Fsp3) is 0.480. The SMILES string of the molecule is CCc1cc(=O)oc2cc(O[C@@H]3O[C@H](COC(C)=O)[C@@H](OC(C)=O)[C@H](OC(C)=O)[C@H]3OC(C)=O)ccc12. The second-order valence-electron chi connectivity index (χ2n) is 8.29. The van der Waals surface area contributed by atoms with Gasteiger partial charge < -0.3 is 32.8 Å². The molecule has 2 aromatic rings. The molecule has 200 valence electrons. The Morgan fingerprint density at radius 1 is 0.838 bits per heavy atom. The molecule has 1 aromatic carbocycles. The number of esters is 4. The van der Waals surface area contributed by atoms with Crippen LogP contribution in [0.3, 0.4) is 0 Å². The average Bonchev–Trinajstić information content (AvgIpc) is 2.79. The van der Waals surface area contributed by atoms with Gasteiger partial charge in [-0.1, -0.05) is 6.92 Å². The first kappa shape index (κ1) is 27.7. The standard InChI is InChI=1S/C25H28O12/c1-6-16-9-21(30)36-19-10-17(7-8-18(16)19)35-25-24(34-15(5)29)23(33-14(4)28)22(32-13(3)27)20(37-25)11-31-12(2)26/h7-10,20,22-25H,6,11H2,1-5H3/t20-,22-,23+,24-,25-/m1/s1. The van der Waals surface area contributed by atoms with E-state index in [1.807, 2.05) is 6.92 Å². The van der Waals surface area contributed by atoms with Gasteiger partial charge in [-0.25, -0.2) is 4.79 Å². The van der Waals surface area contributed by atoms with Gasteiger partial charge in [-0.05, 0) is 24.1 Å². The third kappa shape index (κ3) is 7.06. The highest BCUT2D eigenvalue weighted by Crippen LogP contribution is 2.32. The summed E-state index contributed by atoms with van der Waals surface area (Å²) in [5, 5.41) is 0.705. The minimum atomic E-state index is -1.40. The van der Waals surface area contributed by atoms with Crippen LogP contribution in [0, 0.1) is 0 Å². The van der Waals surface area contributed by atoms with Crippen LogP contribution in [-0.2, 0) is 49.3 Å². The lowest BCUT2D eigenvalue weighted by molar-refractivity contribution is -0.288. The lowest BCUT2D eigenvalue weighted by Gasteiger charge is -2.43. The second kappa shape index (κ2) is 11.9.